The summed E-state index contributed by atoms with van der Waals surface area (Å²) < 4.78 is 11.5. The van der Waals surface area contributed by atoms with E-state index in [0.29, 0.717) is 6.54 Å². The molecule has 0 spiro atoms. The molecule has 0 radical (unpaired) electrons. The van der Waals surface area contributed by atoms with Gasteiger partial charge in [-0.05, 0) is 31.2 Å². The minimum atomic E-state index is 0.585. The van der Waals surface area contributed by atoms with Crippen LogP contribution < -0.4 is 0 Å². The van der Waals surface area contributed by atoms with Crippen LogP contribution in [0, 0.1) is 6.92 Å². The Morgan fingerprint density at radius 2 is 1.38 bits per heavy atom. The van der Waals surface area contributed by atoms with Crippen molar-refractivity contribution in [2.24, 2.45) is 0 Å². The zero-order valence-electron chi connectivity index (χ0n) is 21.1. The van der Waals surface area contributed by atoms with Gasteiger partial charge in [0.15, 0.2) is 5.58 Å². The fourth-order valence-corrected chi connectivity index (χ4v) is 7.65. The van der Waals surface area contributed by atoms with Crippen molar-refractivity contribution in [3.63, 3.8) is 0 Å². The van der Waals surface area contributed by atoms with Crippen LogP contribution in [0.3, 0.4) is 0 Å². The number of furan rings is 1. The fraction of sp³-hybridized carbons (Fsp3) is 0.0588. The Morgan fingerprint density at radius 1 is 0.692 bits per heavy atom. The number of aromatic nitrogens is 3. The molecule has 39 heavy (non-hydrogen) atoms. The van der Waals surface area contributed by atoms with E-state index in [1.165, 1.54) is 52.8 Å². The number of hydrogen-bond donors (Lipinski definition) is 0. The van der Waals surface area contributed by atoms with Gasteiger partial charge in [0, 0.05) is 52.6 Å². The van der Waals surface area contributed by atoms with Crippen LogP contribution >= 0.6 is 11.3 Å². The standard InChI is InChI=1S/C34H21N3OS/c1-19-35-25(33-31(36-19)23-13-5-8-16-27(23)38-33)18-37-26-15-7-4-12-22(26)29-30-24-14-6-9-17-28(24)39-34(30)21-11-3-2-10-20(21)32(29)37/h2-17H,18H2,1H3. The lowest BCUT2D eigenvalue weighted by Crippen LogP contribution is -2.04. The average Bonchev–Trinajstić information content (AvgIpc) is 3.64. The Balaban J connectivity index is 1.47. The predicted molar refractivity (Wildman–Crippen MR) is 163 cm³/mol. The first-order chi connectivity index (χ1) is 19.3. The molecule has 0 saturated heterocycles. The SMILES string of the molecule is Cc1nc(Cn2c3ccccc3c3c4c5ccccc5sc4c4ccccc4c32)c2oc3ccccc3c2n1. The molecule has 5 heteroatoms. The van der Waals surface area contributed by atoms with Crippen molar-refractivity contribution in [1.29, 1.82) is 0 Å². The Labute approximate surface area is 226 Å². The van der Waals surface area contributed by atoms with Crippen LogP contribution in [0.4, 0.5) is 0 Å². The average molecular weight is 520 g/mol. The van der Waals surface area contributed by atoms with E-state index in [0.717, 1.165) is 33.6 Å². The molecule has 9 rings (SSSR count). The van der Waals surface area contributed by atoms with E-state index in [4.69, 9.17) is 14.4 Å². The van der Waals surface area contributed by atoms with E-state index in [9.17, 15) is 0 Å². The van der Waals surface area contributed by atoms with Gasteiger partial charge in [0.1, 0.15) is 22.6 Å². The van der Waals surface area contributed by atoms with Gasteiger partial charge >= 0.3 is 0 Å². The largest absolute Gasteiger partial charge is 0.452 e. The molecule has 0 amide bonds. The molecule has 4 heterocycles. The van der Waals surface area contributed by atoms with Crippen LogP contribution in [0.15, 0.2) is 101 Å². The zero-order chi connectivity index (χ0) is 25.7. The normalized spacial score (nSPS) is 12.3. The molecule has 184 valence electrons. The molecule has 0 saturated carbocycles. The lowest BCUT2D eigenvalue weighted by molar-refractivity contribution is 0.651. The molecule has 0 aliphatic rings. The van der Waals surface area contributed by atoms with Crippen molar-refractivity contribution in [2.45, 2.75) is 13.5 Å². The van der Waals surface area contributed by atoms with Crippen LogP contribution in [0.5, 0.6) is 0 Å². The number of para-hydroxylation sites is 2. The molecule has 0 unspecified atom stereocenters. The number of thiophene rings is 1. The second kappa shape index (κ2) is 7.65. The Bertz CT molecular complexity index is 2440. The van der Waals surface area contributed by atoms with E-state index in [1.54, 1.807) is 0 Å². The fourth-order valence-electron chi connectivity index (χ4n) is 6.40. The summed E-state index contributed by atoms with van der Waals surface area (Å²) in [5.74, 6) is 0.751. The highest BCUT2D eigenvalue weighted by Crippen LogP contribution is 2.47. The molecule has 4 nitrogen and oxygen atoms in total. The number of nitrogens with zero attached hydrogens (tertiary/aromatic N) is 3. The van der Waals surface area contributed by atoms with E-state index < -0.39 is 0 Å². The smallest absolute Gasteiger partial charge is 0.177 e. The van der Waals surface area contributed by atoms with Crippen LogP contribution in [0.2, 0.25) is 0 Å². The van der Waals surface area contributed by atoms with Crippen molar-refractivity contribution in [1.82, 2.24) is 14.5 Å². The number of benzene rings is 5. The third kappa shape index (κ3) is 2.83. The maximum atomic E-state index is 6.38. The first-order valence-electron chi connectivity index (χ1n) is 13.1. The van der Waals surface area contributed by atoms with E-state index in [1.807, 2.05) is 36.5 Å². The third-order valence-electron chi connectivity index (χ3n) is 7.95. The Hall–Kier alpha value is -4.74. The molecule has 9 aromatic rings. The highest BCUT2D eigenvalue weighted by atomic mass is 32.1. The van der Waals surface area contributed by atoms with E-state index in [2.05, 4.69) is 83.4 Å². The molecule has 0 N–H and O–H groups in total. The van der Waals surface area contributed by atoms with Gasteiger partial charge in [-0.15, -0.1) is 11.3 Å². The molecule has 0 aliphatic heterocycles. The molecular formula is C34H21N3OS. The quantitative estimate of drug-likeness (QED) is 0.228. The molecule has 5 aromatic carbocycles. The number of rotatable bonds is 2. The van der Waals surface area contributed by atoms with Gasteiger partial charge < -0.3 is 8.98 Å². The summed E-state index contributed by atoms with van der Waals surface area (Å²) in [5.41, 5.74) is 5.82. The van der Waals surface area contributed by atoms with Crippen molar-refractivity contribution in [3.05, 3.63) is 109 Å². The van der Waals surface area contributed by atoms with Crippen molar-refractivity contribution < 1.29 is 4.42 Å². The predicted octanol–water partition coefficient (Wildman–Crippen LogP) is 9.36. The van der Waals surface area contributed by atoms with E-state index >= 15 is 0 Å². The van der Waals surface area contributed by atoms with Gasteiger partial charge in [0.05, 0.1) is 12.1 Å². The Morgan fingerprint density at radius 3 is 2.26 bits per heavy atom. The van der Waals surface area contributed by atoms with Gasteiger partial charge in [0.25, 0.3) is 0 Å². The molecule has 0 bridgehead atoms. The second-order valence-electron chi connectivity index (χ2n) is 10.2. The van der Waals surface area contributed by atoms with Gasteiger partial charge in [-0.1, -0.05) is 72.8 Å². The van der Waals surface area contributed by atoms with Crippen LogP contribution in [0.1, 0.15) is 11.5 Å². The third-order valence-corrected chi connectivity index (χ3v) is 9.16. The van der Waals surface area contributed by atoms with Crippen LogP contribution in [0.25, 0.3) is 74.8 Å². The summed E-state index contributed by atoms with van der Waals surface area (Å²) >= 11 is 1.89. The molecule has 0 atom stereocenters. The summed E-state index contributed by atoms with van der Waals surface area (Å²) in [6, 6.07) is 34.5. The number of hydrogen-bond acceptors (Lipinski definition) is 4. The van der Waals surface area contributed by atoms with Gasteiger partial charge in [-0.25, -0.2) is 9.97 Å². The maximum Gasteiger partial charge on any atom is 0.177 e. The highest BCUT2D eigenvalue weighted by Gasteiger charge is 2.22. The van der Waals surface area contributed by atoms with Crippen molar-refractivity contribution in [2.75, 3.05) is 0 Å². The van der Waals surface area contributed by atoms with Gasteiger partial charge in [-0.3, -0.25) is 0 Å². The molecule has 0 aliphatic carbocycles. The lowest BCUT2D eigenvalue weighted by atomic mass is 10.00. The lowest BCUT2D eigenvalue weighted by Gasteiger charge is -2.11. The van der Waals surface area contributed by atoms with Gasteiger partial charge in [0.2, 0.25) is 0 Å². The zero-order valence-corrected chi connectivity index (χ0v) is 21.9. The molecule has 4 aromatic heterocycles. The first kappa shape index (κ1) is 21.2. The molecule has 0 fully saturated rings. The Kier molecular flexibility index (Phi) is 4.16. The minimum Gasteiger partial charge on any atom is -0.452 e. The first-order valence-corrected chi connectivity index (χ1v) is 14.0. The summed E-state index contributed by atoms with van der Waals surface area (Å²) in [6.07, 6.45) is 0. The second-order valence-corrected chi connectivity index (χ2v) is 11.2. The minimum absolute atomic E-state index is 0.585. The number of fused-ring (bicyclic) bond motifs is 13. The monoisotopic (exact) mass is 519 g/mol. The van der Waals surface area contributed by atoms with E-state index in [-0.39, 0.29) is 0 Å². The van der Waals surface area contributed by atoms with Crippen LogP contribution in [-0.2, 0) is 6.54 Å². The summed E-state index contributed by atoms with van der Waals surface area (Å²) in [6.45, 7) is 2.55. The van der Waals surface area contributed by atoms with Gasteiger partial charge in [-0.2, -0.15) is 0 Å². The van der Waals surface area contributed by atoms with Crippen molar-refractivity contribution in [3.8, 4) is 0 Å². The maximum absolute atomic E-state index is 6.38. The van der Waals surface area contributed by atoms with Crippen molar-refractivity contribution >= 4 is 86.2 Å². The number of aryl methyl sites for hydroxylation is 1. The summed E-state index contributed by atoms with van der Waals surface area (Å²) in [7, 11) is 0. The summed E-state index contributed by atoms with van der Waals surface area (Å²) in [5, 5.41) is 8.80. The summed E-state index contributed by atoms with van der Waals surface area (Å²) in [4.78, 5) is 9.73. The topological polar surface area (TPSA) is 43.9 Å². The van der Waals surface area contributed by atoms with Crippen LogP contribution in [-0.4, -0.2) is 14.5 Å². The highest BCUT2D eigenvalue weighted by molar-refractivity contribution is 7.27. The molecular weight excluding hydrogens is 498 g/mol.